The molecule has 0 N–H and O–H groups in total. The molecule has 0 radical (unpaired) electrons. The smallest absolute Gasteiger partial charge is 0.216 e. The average molecular weight is 477 g/mol. The van der Waals surface area contributed by atoms with Crippen LogP contribution in [0.3, 0.4) is 0 Å². The van der Waals surface area contributed by atoms with Crippen LogP contribution in [0.4, 0.5) is 0 Å². The van der Waals surface area contributed by atoms with E-state index in [9.17, 15) is 5.48 Å². The Morgan fingerprint density at radius 2 is 1.58 bits per heavy atom. The molecule has 2 aliphatic rings. The molecule has 0 aliphatic heterocycles. The highest BCUT2D eigenvalue weighted by atomic mass is 16.3. The summed E-state index contributed by atoms with van der Waals surface area (Å²) in [6.07, 6.45) is 3.57. The van der Waals surface area contributed by atoms with Crippen LogP contribution < -0.4 is 4.57 Å². The van der Waals surface area contributed by atoms with Gasteiger partial charge in [-0.05, 0) is 59.8 Å². The van der Waals surface area contributed by atoms with Crippen LogP contribution in [-0.4, -0.2) is 0 Å². The van der Waals surface area contributed by atoms with E-state index in [0.29, 0.717) is 16.7 Å². The van der Waals surface area contributed by atoms with Crippen molar-refractivity contribution in [2.45, 2.75) is 51.8 Å². The Labute approximate surface area is 219 Å². The second kappa shape index (κ2) is 8.62. The second-order valence-corrected chi connectivity index (χ2v) is 10.5. The van der Waals surface area contributed by atoms with Crippen molar-refractivity contribution in [1.82, 2.24) is 0 Å². The van der Waals surface area contributed by atoms with Gasteiger partial charge in [0.1, 0.15) is 18.2 Å². The van der Waals surface area contributed by atoms with Gasteiger partial charge in [0.15, 0.2) is 6.20 Å². The third kappa shape index (κ3) is 3.42. The van der Waals surface area contributed by atoms with Gasteiger partial charge in [-0.2, -0.15) is 0 Å². The number of hydrogen-bond acceptors (Lipinski definition) is 1. The molecule has 2 heteroatoms. The lowest BCUT2D eigenvalue weighted by Crippen LogP contribution is -2.30. The van der Waals surface area contributed by atoms with Crippen LogP contribution in [0.1, 0.15) is 54.3 Å². The maximum Gasteiger partial charge on any atom is 0.216 e. The topological polar surface area (TPSA) is 17.0 Å². The van der Waals surface area contributed by atoms with Crippen molar-refractivity contribution >= 4 is 21.9 Å². The van der Waals surface area contributed by atoms with Crippen molar-refractivity contribution in [2.75, 3.05) is 0 Å². The first-order chi connectivity index (χ1) is 19.2. The summed E-state index contributed by atoms with van der Waals surface area (Å²) in [5.41, 5.74) is 7.30. The van der Waals surface area contributed by atoms with Gasteiger partial charge in [-0.3, -0.25) is 0 Å². The molecule has 5 aromatic rings. The Kier molecular flexibility index (Phi) is 4.30. The summed E-state index contributed by atoms with van der Waals surface area (Å²) in [6.45, 7) is 2.10. The van der Waals surface area contributed by atoms with Gasteiger partial charge in [0.2, 0.25) is 5.69 Å². The largest absolute Gasteiger partial charge is 0.454 e. The fourth-order valence-corrected chi connectivity index (χ4v) is 6.39. The van der Waals surface area contributed by atoms with Crippen molar-refractivity contribution in [1.29, 1.82) is 0 Å². The number of aryl methyl sites for hydroxylation is 2. The van der Waals surface area contributed by atoms with Crippen LogP contribution in [0.2, 0.25) is 0 Å². The van der Waals surface area contributed by atoms with Gasteiger partial charge in [-0.25, -0.2) is 4.57 Å². The average Bonchev–Trinajstić information content (AvgIpc) is 3.39. The molecule has 0 amide bonds. The van der Waals surface area contributed by atoms with E-state index in [4.69, 9.17) is 4.42 Å². The SMILES string of the molecule is [2H]C1([2H])c2cccc(-c3cccc4c3oc3c(-c5cccc[n+]5C)c(C)ccc34)c2C([2H])([2H])C1C1CCCCC1. The zero-order valence-corrected chi connectivity index (χ0v) is 21.0. The maximum atomic E-state index is 9.41. The minimum Gasteiger partial charge on any atom is -0.454 e. The number of para-hydroxylation sites is 1. The summed E-state index contributed by atoms with van der Waals surface area (Å²) < 4.78 is 46.1. The van der Waals surface area contributed by atoms with Gasteiger partial charge in [-0.1, -0.05) is 80.6 Å². The standard InChI is InChI=1S/C34H34NO/c1-22-17-18-29-28-15-9-14-27(33(28)36-34(29)32(22)31-16-6-7-19-35(31)2)26-13-8-12-24-20-25(21-30(24)26)23-10-4-3-5-11-23/h6-9,12-19,23,25H,3-5,10-11,20-21H2,1-2H3/q+1/i20D2,21D2. The van der Waals surface area contributed by atoms with Gasteiger partial charge < -0.3 is 4.42 Å². The maximum absolute atomic E-state index is 9.41. The Bertz CT molecular complexity index is 1780. The highest BCUT2D eigenvalue weighted by Gasteiger charge is 2.31. The van der Waals surface area contributed by atoms with Crippen LogP contribution >= 0.6 is 0 Å². The number of fused-ring (bicyclic) bond motifs is 4. The molecule has 1 unspecified atom stereocenters. The number of benzene rings is 3. The van der Waals surface area contributed by atoms with E-state index >= 15 is 0 Å². The molecule has 2 aromatic heterocycles. The third-order valence-electron chi connectivity index (χ3n) is 8.27. The zero-order valence-electron chi connectivity index (χ0n) is 25.0. The molecule has 1 saturated carbocycles. The molecule has 2 nitrogen and oxygen atoms in total. The number of furan rings is 1. The highest BCUT2D eigenvalue weighted by Crippen LogP contribution is 2.45. The van der Waals surface area contributed by atoms with E-state index in [1.807, 2.05) is 49.6 Å². The first-order valence-electron chi connectivity index (χ1n) is 15.3. The van der Waals surface area contributed by atoms with Crippen molar-refractivity contribution in [2.24, 2.45) is 18.9 Å². The fraction of sp³-hybridized carbons (Fsp3) is 0.324. The van der Waals surface area contributed by atoms with Crippen molar-refractivity contribution in [3.63, 3.8) is 0 Å². The van der Waals surface area contributed by atoms with E-state index in [1.54, 1.807) is 6.07 Å². The predicted molar refractivity (Wildman–Crippen MR) is 148 cm³/mol. The fourth-order valence-electron chi connectivity index (χ4n) is 6.39. The summed E-state index contributed by atoms with van der Waals surface area (Å²) in [4.78, 5) is 0. The molecule has 0 spiro atoms. The first-order valence-corrected chi connectivity index (χ1v) is 13.3. The molecule has 3 aromatic carbocycles. The molecular weight excluding hydrogens is 438 g/mol. The van der Waals surface area contributed by atoms with Crippen LogP contribution in [0.5, 0.6) is 0 Å². The summed E-state index contributed by atoms with van der Waals surface area (Å²) in [5, 5.41) is 2.00. The molecule has 2 heterocycles. The van der Waals surface area contributed by atoms with Crippen LogP contribution in [0.25, 0.3) is 44.3 Å². The second-order valence-electron chi connectivity index (χ2n) is 10.5. The van der Waals surface area contributed by atoms with E-state index in [2.05, 4.69) is 35.8 Å². The lowest BCUT2D eigenvalue weighted by molar-refractivity contribution is -0.660. The first kappa shape index (κ1) is 17.9. The van der Waals surface area contributed by atoms with E-state index in [1.165, 1.54) is 0 Å². The third-order valence-corrected chi connectivity index (χ3v) is 8.27. The molecule has 0 saturated heterocycles. The highest BCUT2D eigenvalue weighted by molar-refractivity contribution is 6.13. The number of hydrogen-bond donors (Lipinski definition) is 0. The monoisotopic (exact) mass is 476 g/mol. The Balaban J connectivity index is 1.47. The van der Waals surface area contributed by atoms with Crippen LogP contribution in [0.15, 0.2) is 77.3 Å². The Morgan fingerprint density at radius 1 is 0.778 bits per heavy atom. The molecule has 1 atom stereocenters. The molecule has 36 heavy (non-hydrogen) atoms. The number of aromatic nitrogens is 1. The number of pyridine rings is 1. The van der Waals surface area contributed by atoms with Gasteiger partial charge in [-0.15, -0.1) is 0 Å². The van der Waals surface area contributed by atoms with Crippen molar-refractivity contribution in [3.05, 3.63) is 89.6 Å². The van der Waals surface area contributed by atoms with Gasteiger partial charge >= 0.3 is 0 Å². The summed E-state index contributed by atoms with van der Waals surface area (Å²) in [7, 11) is 2.04. The molecular formula is C34H34NO+. The van der Waals surface area contributed by atoms with Crippen LogP contribution in [-0.2, 0) is 19.8 Å². The molecule has 1 fully saturated rings. The minimum absolute atomic E-state index is 0.0399. The Morgan fingerprint density at radius 3 is 2.44 bits per heavy atom. The van der Waals surface area contributed by atoms with E-state index in [0.717, 1.165) is 76.4 Å². The summed E-state index contributed by atoms with van der Waals surface area (Å²) >= 11 is 0. The lowest BCUT2D eigenvalue weighted by Gasteiger charge is -2.27. The lowest BCUT2D eigenvalue weighted by atomic mass is 9.78. The molecule has 180 valence electrons. The molecule has 0 bridgehead atoms. The predicted octanol–water partition coefficient (Wildman–Crippen LogP) is 8.35. The number of rotatable bonds is 3. The van der Waals surface area contributed by atoms with Crippen molar-refractivity contribution in [3.8, 4) is 22.4 Å². The minimum atomic E-state index is -1.79. The van der Waals surface area contributed by atoms with Gasteiger partial charge in [0.05, 0.1) is 5.56 Å². The summed E-state index contributed by atoms with van der Waals surface area (Å²) in [5.74, 6) is -0.656. The van der Waals surface area contributed by atoms with Gasteiger partial charge in [0, 0.05) is 34.0 Å². The molecule has 7 rings (SSSR count). The number of nitrogens with zero attached hydrogens (tertiary/aromatic N) is 1. The molecule has 2 aliphatic carbocycles. The summed E-state index contributed by atoms with van der Waals surface area (Å²) in [6, 6.07) is 22.1. The van der Waals surface area contributed by atoms with Gasteiger partial charge in [0.25, 0.3) is 0 Å². The zero-order chi connectivity index (χ0) is 27.8. The quantitative estimate of drug-likeness (QED) is 0.239. The van der Waals surface area contributed by atoms with Crippen molar-refractivity contribution < 1.29 is 14.5 Å². The normalized spacial score (nSPS) is 22.7. The van der Waals surface area contributed by atoms with E-state index < -0.39 is 18.7 Å². The van der Waals surface area contributed by atoms with Crippen LogP contribution in [0, 0.1) is 18.8 Å². The Hall–Kier alpha value is -3.39. The van der Waals surface area contributed by atoms with E-state index in [-0.39, 0.29) is 5.92 Å².